The van der Waals surface area contributed by atoms with Gasteiger partial charge in [-0.1, -0.05) is 94.3 Å². The Morgan fingerprint density at radius 2 is 1.14 bits per heavy atom. The number of halogens is 2. The van der Waals surface area contributed by atoms with E-state index in [1.165, 1.54) is 24.4 Å². The number of aromatic nitrogens is 10. The fourth-order valence-corrected chi connectivity index (χ4v) is 8.31. The van der Waals surface area contributed by atoms with Crippen LogP contribution in [0.4, 0.5) is 20.2 Å². The predicted octanol–water partition coefficient (Wildman–Crippen LogP) is 9.21. The summed E-state index contributed by atoms with van der Waals surface area (Å²) in [5.41, 5.74) is 5.09. The highest BCUT2D eigenvalue weighted by molar-refractivity contribution is 6.07. The maximum atomic E-state index is 16.2. The zero-order valence-corrected chi connectivity index (χ0v) is 43.6. The first-order chi connectivity index (χ1) is 38.2. The number of fused-ring (bicyclic) bond motifs is 2. The second-order valence-electron chi connectivity index (χ2n) is 20.3. The number of aromatic amines is 2. The maximum Gasteiger partial charge on any atom is 0.315 e. The second-order valence-corrected chi connectivity index (χ2v) is 20.3. The van der Waals surface area contributed by atoms with Gasteiger partial charge in [0.25, 0.3) is 11.8 Å². The molecule has 0 radical (unpaired) electrons. The van der Waals surface area contributed by atoms with Crippen molar-refractivity contribution >= 4 is 57.3 Å². The molecule has 0 aliphatic carbocycles. The summed E-state index contributed by atoms with van der Waals surface area (Å²) in [4.78, 5) is 84.8. The highest BCUT2D eigenvalue weighted by Crippen LogP contribution is 2.38. The third-order valence-corrected chi connectivity index (χ3v) is 12.5. The lowest BCUT2D eigenvalue weighted by Gasteiger charge is -2.12. The Labute approximate surface area is 454 Å². The average molecular weight is 1070 g/mol. The van der Waals surface area contributed by atoms with Crippen molar-refractivity contribution in [3.63, 3.8) is 0 Å². The molecule has 0 spiro atoms. The molecular formula is C58H46F2N14O6. The number of hydrogen-bond acceptors (Lipinski definition) is 14. The smallest absolute Gasteiger partial charge is 0.315 e. The number of amides is 4. The van der Waals surface area contributed by atoms with Gasteiger partial charge in [0.2, 0.25) is 0 Å². The van der Waals surface area contributed by atoms with Crippen LogP contribution in [0.1, 0.15) is 85.7 Å². The molecule has 6 aromatic heterocycles. The monoisotopic (exact) mass is 1070 g/mol. The number of anilines is 2. The fourth-order valence-electron chi connectivity index (χ4n) is 8.31. The van der Waals surface area contributed by atoms with Crippen molar-refractivity contribution < 1.29 is 37.0 Å². The summed E-state index contributed by atoms with van der Waals surface area (Å²) in [7, 11) is 0. The Morgan fingerprint density at radius 1 is 0.575 bits per heavy atom. The first-order valence-corrected chi connectivity index (χ1v) is 24.6. The van der Waals surface area contributed by atoms with Crippen molar-refractivity contribution in [3.8, 4) is 81.0 Å². The van der Waals surface area contributed by atoms with Crippen molar-refractivity contribution in [2.45, 2.75) is 65.5 Å². The summed E-state index contributed by atoms with van der Waals surface area (Å²) in [5, 5.41) is 18.4. The van der Waals surface area contributed by atoms with Gasteiger partial charge in [0.1, 0.15) is 34.3 Å². The molecule has 10 rings (SSSR count). The summed E-state index contributed by atoms with van der Waals surface area (Å²) in [5.74, 6) is 0.972. The number of rotatable bonds is 13. The number of hydrogen-bond donors (Lipinski definition) is 6. The Morgan fingerprint density at radius 3 is 1.73 bits per heavy atom. The Bertz CT molecular complexity index is 4220. The van der Waals surface area contributed by atoms with Crippen LogP contribution in [0.25, 0.3) is 78.6 Å². The quantitative estimate of drug-likeness (QED) is 0.0588. The molecule has 0 fully saturated rings. The summed E-state index contributed by atoms with van der Waals surface area (Å²) in [6.07, 6.45) is 12.4. The van der Waals surface area contributed by atoms with E-state index in [-0.39, 0.29) is 47.5 Å². The first-order valence-electron chi connectivity index (χ1n) is 24.6. The molecule has 4 amide bonds. The number of carbonyl (C=O) groups excluding carboxylic acids is 4. The van der Waals surface area contributed by atoms with Crippen LogP contribution in [-0.2, 0) is 33.5 Å². The molecular weight excluding hydrogens is 1030 g/mol. The molecule has 0 atom stereocenters. The maximum absolute atomic E-state index is 16.2. The predicted molar refractivity (Wildman–Crippen MR) is 292 cm³/mol. The zero-order valence-electron chi connectivity index (χ0n) is 43.6. The summed E-state index contributed by atoms with van der Waals surface area (Å²) in [6, 6.07) is 24.4. The molecule has 22 heteroatoms. The first kappa shape index (κ1) is 52.7. The number of imidazole rings is 2. The molecule has 0 aliphatic heterocycles. The van der Waals surface area contributed by atoms with E-state index in [9.17, 15) is 19.2 Å². The van der Waals surface area contributed by atoms with Gasteiger partial charge in [0.15, 0.2) is 22.9 Å². The largest absolute Gasteiger partial charge is 0.344 e. The molecule has 0 saturated heterocycles. The summed E-state index contributed by atoms with van der Waals surface area (Å²) < 4.78 is 42.2. The third-order valence-electron chi connectivity index (χ3n) is 12.5. The topological polar surface area (TPSA) is 277 Å². The molecule has 0 bridgehead atoms. The van der Waals surface area contributed by atoms with Crippen molar-refractivity contribution in [2.24, 2.45) is 0 Å². The molecule has 4 aromatic carbocycles. The normalized spacial score (nSPS) is 11.5. The fraction of sp³-hybridized carbons (Fsp3) is 0.172. The molecule has 398 valence electrons. The molecule has 20 nitrogen and oxygen atoms in total. The van der Waals surface area contributed by atoms with Gasteiger partial charge in [-0.2, -0.15) is 9.97 Å². The van der Waals surface area contributed by atoms with Crippen molar-refractivity contribution in [3.05, 3.63) is 143 Å². The van der Waals surface area contributed by atoms with Crippen LogP contribution in [0.5, 0.6) is 0 Å². The number of benzene rings is 4. The van der Waals surface area contributed by atoms with Gasteiger partial charge < -0.3 is 40.3 Å². The van der Waals surface area contributed by atoms with Crippen LogP contribution < -0.4 is 21.3 Å². The molecule has 0 unspecified atom stereocenters. The standard InChI is InChI=1S/C58H46F2N14O6/c1-9-43(75)64-35-13-11-12-32(22-35)47-67-46-38(30-15-17-34(40(60)24-30)28-63-52(78)54-72-56(74-80-54)58(6,7)8)26-41(66-50(46)69-47)31-18-19-37(42(25-31)65-44(76)10-2)48-68-45-36(20-21-61-49(45)70-48)29-14-16-33(39(59)23-29)27-62-51(77)53-71-55(73-79-53)57(3,4)5/h1-2,11-26H,27-28H2,3-8H3,(H,62,77)(H,63,78)(H,64,75)(H,65,76)(H,61,68,70)(H,66,67,69). The van der Waals surface area contributed by atoms with E-state index >= 15 is 8.78 Å². The van der Waals surface area contributed by atoms with E-state index < -0.39 is 46.1 Å². The van der Waals surface area contributed by atoms with Crippen LogP contribution in [0.3, 0.4) is 0 Å². The number of nitrogens with zero attached hydrogens (tertiary/aromatic N) is 8. The van der Waals surface area contributed by atoms with Crippen LogP contribution >= 0.6 is 0 Å². The molecule has 0 saturated carbocycles. The van der Waals surface area contributed by atoms with Crippen LogP contribution in [0.15, 0.2) is 106 Å². The van der Waals surface area contributed by atoms with E-state index in [4.69, 9.17) is 36.8 Å². The number of carbonyl (C=O) groups is 4. The van der Waals surface area contributed by atoms with Crippen LogP contribution in [-0.4, -0.2) is 73.8 Å². The van der Waals surface area contributed by atoms with Gasteiger partial charge in [0, 0.05) is 74.7 Å². The van der Waals surface area contributed by atoms with Gasteiger partial charge in [0.05, 0.1) is 11.4 Å². The van der Waals surface area contributed by atoms with E-state index in [2.05, 4.69) is 62.4 Å². The van der Waals surface area contributed by atoms with E-state index in [0.717, 1.165) is 0 Å². The highest BCUT2D eigenvalue weighted by Gasteiger charge is 2.26. The molecule has 0 aliphatic rings. The number of terminal acetylenes is 2. The second kappa shape index (κ2) is 21.0. The SMILES string of the molecule is C#CC(=O)Nc1cccc(-c2nc3c(-c4ccc(CNC(=O)c5nc(C(C)(C)C)no5)c(F)c4)cc(-c4ccc(-c5nc6c(-c7ccc(CNC(=O)c8nc(C(C)(C)C)no8)c(F)c7)ccnc6[nH]5)c(NC(=O)C#C)c4)nc3[nH]2)c1. The van der Waals surface area contributed by atoms with E-state index in [1.807, 2.05) is 47.5 Å². The third kappa shape index (κ3) is 10.9. The van der Waals surface area contributed by atoms with Crippen LogP contribution in [0, 0.1) is 36.3 Å². The summed E-state index contributed by atoms with van der Waals surface area (Å²) >= 11 is 0. The van der Waals surface area contributed by atoms with Crippen molar-refractivity contribution in [1.82, 2.24) is 60.8 Å². The van der Waals surface area contributed by atoms with Gasteiger partial charge in [-0.15, -0.1) is 12.8 Å². The lowest BCUT2D eigenvalue weighted by molar-refractivity contribution is -0.112. The van der Waals surface area contributed by atoms with E-state index in [1.54, 1.807) is 72.8 Å². The minimum absolute atomic E-state index is 0.158. The Balaban J connectivity index is 0.983. The van der Waals surface area contributed by atoms with Gasteiger partial charge >= 0.3 is 23.6 Å². The lowest BCUT2D eigenvalue weighted by atomic mass is 9.96. The number of H-pyrrole nitrogens is 2. The van der Waals surface area contributed by atoms with Crippen molar-refractivity contribution in [1.29, 1.82) is 0 Å². The van der Waals surface area contributed by atoms with E-state index in [0.29, 0.717) is 90.1 Å². The molecule has 80 heavy (non-hydrogen) atoms. The van der Waals surface area contributed by atoms with Crippen LogP contribution in [0.2, 0.25) is 0 Å². The molecule has 6 heterocycles. The lowest BCUT2D eigenvalue weighted by Crippen LogP contribution is -2.24. The van der Waals surface area contributed by atoms with Gasteiger partial charge in [-0.05, 0) is 71.5 Å². The van der Waals surface area contributed by atoms with Gasteiger partial charge in [-0.3, -0.25) is 19.2 Å². The minimum Gasteiger partial charge on any atom is -0.344 e. The number of nitrogens with one attached hydrogen (secondary N) is 6. The average Bonchev–Trinajstić information content (AvgIpc) is 4.32. The minimum atomic E-state index is -0.765. The zero-order chi connectivity index (χ0) is 56.6. The highest BCUT2D eigenvalue weighted by atomic mass is 19.1. The Hall–Kier alpha value is -10.7. The number of pyridine rings is 2. The van der Waals surface area contributed by atoms with Gasteiger partial charge in [-0.25, -0.2) is 28.7 Å². The molecule has 10 aromatic rings. The summed E-state index contributed by atoms with van der Waals surface area (Å²) in [6.45, 7) is 10.9. The Kier molecular flexibility index (Phi) is 13.8. The van der Waals surface area contributed by atoms with Crippen molar-refractivity contribution in [2.75, 3.05) is 10.6 Å². The molecule has 6 N–H and O–H groups in total.